The predicted molar refractivity (Wildman–Crippen MR) is 131 cm³/mol. The van der Waals surface area contributed by atoms with Crippen LogP contribution >= 0.6 is 0 Å². The van der Waals surface area contributed by atoms with Crippen LogP contribution in [0.25, 0.3) is 0 Å². The van der Waals surface area contributed by atoms with Crippen LogP contribution in [0, 0.1) is 5.82 Å². The lowest BCUT2D eigenvalue weighted by Gasteiger charge is -2.30. The summed E-state index contributed by atoms with van der Waals surface area (Å²) in [6.07, 6.45) is 6.00. The molecule has 4 rings (SSSR count). The standard InChI is InChI=1S/C27H34FN3O4/c28-21-12-8-19(9-13-21)18-35-23-14-10-20(11-15-23)26(33)30-24-17-31(16-4-7-25(24)32)27(34)29-22-5-2-1-3-6-22/h8-15,22,24-25,32H,1-7,16-18H2,(H,29,34)(H,30,33). The quantitative estimate of drug-likeness (QED) is 0.579. The molecule has 1 heterocycles. The van der Waals surface area contributed by atoms with Gasteiger partial charge in [-0.25, -0.2) is 9.18 Å². The van der Waals surface area contributed by atoms with Gasteiger partial charge in [-0.05, 0) is 67.6 Å². The van der Waals surface area contributed by atoms with Gasteiger partial charge in [0.15, 0.2) is 0 Å². The average Bonchev–Trinajstić information content (AvgIpc) is 3.06. The maximum atomic E-state index is 13.0. The van der Waals surface area contributed by atoms with Crippen LogP contribution in [-0.2, 0) is 6.61 Å². The molecular formula is C27H34FN3O4. The van der Waals surface area contributed by atoms with Gasteiger partial charge in [-0.3, -0.25) is 4.79 Å². The first kappa shape index (κ1) is 25.0. The number of benzene rings is 2. The molecule has 0 bridgehead atoms. The van der Waals surface area contributed by atoms with E-state index in [1.807, 2.05) is 0 Å². The van der Waals surface area contributed by atoms with Crippen LogP contribution in [0.2, 0.25) is 0 Å². The maximum Gasteiger partial charge on any atom is 0.317 e. The second kappa shape index (κ2) is 12.0. The highest BCUT2D eigenvalue weighted by Crippen LogP contribution is 2.19. The van der Waals surface area contributed by atoms with Gasteiger partial charge in [-0.1, -0.05) is 31.4 Å². The number of hydrogen-bond donors (Lipinski definition) is 3. The van der Waals surface area contributed by atoms with Crippen LogP contribution in [0.15, 0.2) is 48.5 Å². The molecule has 2 aromatic carbocycles. The van der Waals surface area contributed by atoms with Crippen LogP contribution in [0.1, 0.15) is 60.9 Å². The number of carbonyl (C=O) groups excluding carboxylic acids is 2. The summed E-state index contributed by atoms with van der Waals surface area (Å²) in [6.45, 7) is 1.12. The number of aliphatic hydroxyl groups is 1. The van der Waals surface area contributed by atoms with E-state index in [4.69, 9.17) is 4.74 Å². The largest absolute Gasteiger partial charge is 0.489 e. The summed E-state index contributed by atoms with van der Waals surface area (Å²) in [5, 5.41) is 16.6. The van der Waals surface area contributed by atoms with Crippen LogP contribution in [0.4, 0.5) is 9.18 Å². The van der Waals surface area contributed by atoms with Gasteiger partial charge in [0.05, 0.1) is 12.1 Å². The van der Waals surface area contributed by atoms with Gasteiger partial charge in [0, 0.05) is 24.7 Å². The highest BCUT2D eigenvalue weighted by Gasteiger charge is 2.30. The summed E-state index contributed by atoms with van der Waals surface area (Å²) in [7, 11) is 0. The number of nitrogens with zero attached hydrogens (tertiary/aromatic N) is 1. The number of likely N-dealkylation sites (tertiary alicyclic amines) is 1. The SMILES string of the molecule is O=C(NC1CN(C(=O)NC2CCCCC2)CCCC1O)c1ccc(OCc2ccc(F)cc2)cc1. The number of amides is 3. The average molecular weight is 484 g/mol. The van der Waals surface area contributed by atoms with Gasteiger partial charge in [-0.15, -0.1) is 0 Å². The summed E-state index contributed by atoms with van der Waals surface area (Å²) in [5.74, 6) is -0.0181. The van der Waals surface area contributed by atoms with Gasteiger partial charge in [0.25, 0.3) is 5.91 Å². The Morgan fingerprint density at radius 3 is 2.37 bits per heavy atom. The van der Waals surface area contributed by atoms with Gasteiger partial charge in [0.2, 0.25) is 0 Å². The molecule has 1 saturated carbocycles. The van der Waals surface area contributed by atoms with Crippen molar-refractivity contribution in [1.29, 1.82) is 0 Å². The fourth-order valence-electron chi connectivity index (χ4n) is 4.68. The molecule has 0 radical (unpaired) electrons. The van der Waals surface area contributed by atoms with Crippen molar-refractivity contribution in [3.05, 3.63) is 65.5 Å². The first-order valence-electron chi connectivity index (χ1n) is 12.5. The fourth-order valence-corrected chi connectivity index (χ4v) is 4.68. The molecule has 2 unspecified atom stereocenters. The highest BCUT2D eigenvalue weighted by atomic mass is 19.1. The van der Waals surface area contributed by atoms with E-state index in [9.17, 15) is 19.1 Å². The lowest BCUT2D eigenvalue weighted by Crippen LogP contribution is -2.53. The van der Waals surface area contributed by atoms with Crippen molar-refractivity contribution in [2.75, 3.05) is 13.1 Å². The van der Waals surface area contributed by atoms with Crippen LogP contribution in [0.5, 0.6) is 5.75 Å². The molecule has 3 N–H and O–H groups in total. The van der Waals surface area contributed by atoms with E-state index in [-0.39, 0.29) is 30.3 Å². The molecule has 1 saturated heterocycles. The predicted octanol–water partition coefficient (Wildman–Crippen LogP) is 4.00. The van der Waals surface area contributed by atoms with Crippen molar-refractivity contribution in [3.8, 4) is 5.75 Å². The van der Waals surface area contributed by atoms with Gasteiger partial charge >= 0.3 is 6.03 Å². The summed E-state index contributed by atoms with van der Waals surface area (Å²) < 4.78 is 18.7. The molecule has 0 aromatic heterocycles. The maximum absolute atomic E-state index is 13.0. The summed E-state index contributed by atoms with van der Waals surface area (Å²) in [4.78, 5) is 27.4. The number of aliphatic hydroxyl groups excluding tert-OH is 1. The van der Waals surface area contributed by atoms with E-state index in [0.29, 0.717) is 37.3 Å². The number of urea groups is 1. The number of carbonyl (C=O) groups is 2. The summed E-state index contributed by atoms with van der Waals surface area (Å²) >= 11 is 0. The first-order chi connectivity index (χ1) is 17.0. The Morgan fingerprint density at radius 2 is 1.66 bits per heavy atom. The van der Waals surface area contributed by atoms with Crippen molar-refractivity contribution in [2.24, 2.45) is 0 Å². The molecule has 2 atom stereocenters. The minimum absolute atomic E-state index is 0.118. The third-order valence-electron chi connectivity index (χ3n) is 6.78. The summed E-state index contributed by atoms with van der Waals surface area (Å²) in [5.41, 5.74) is 1.28. The number of rotatable bonds is 6. The number of hydrogen-bond acceptors (Lipinski definition) is 4. The zero-order valence-corrected chi connectivity index (χ0v) is 19.9. The van der Waals surface area contributed by atoms with Crippen LogP contribution in [0.3, 0.4) is 0 Å². The van der Waals surface area contributed by atoms with Gasteiger partial charge in [-0.2, -0.15) is 0 Å². The van der Waals surface area contributed by atoms with Crippen molar-refractivity contribution < 1.29 is 23.8 Å². The van der Waals surface area contributed by atoms with Gasteiger partial charge < -0.3 is 25.4 Å². The van der Waals surface area contributed by atoms with E-state index in [2.05, 4.69) is 10.6 Å². The molecule has 0 spiro atoms. The second-order valence-electron chi connectivity index (χ2n) is 9.46. The third-order valence-corrected chi connectivity index (χ3v) is 6.78. The van der Waals surface area contributed by atoms with Crippen molar-refractivity contribution in [3.63, 3.8) is 0 Å². The molecule has 2 aromatic rings. The van der Waals surface area contributed by atoms with E-state index in [1.54, 1.807) is 41.3 Å². The number of ether oxygens (including phenoxy) is 1. The highest BCUT2D eigenvalue weighted by molar-refractivity contribution is 5.94. The Morgan fingerprint density at radius 1 is 0.943 bits per heavy atom. The Bertz CT molecular complexity index is 977. The zero-order valence-electron chi connectivity index (χ0n) is 19.9. The minimum Gasteiger partial charge on any atom is -0.489 e. The Hall–Kier alpha value is -3.13. The molecule has 188 valence electrons. The Kier molecular flexibility index (Phi) is 8.58. The van der Waals surface area contributed by atoms with E-state index < -0.39 is 12.1 Å². The topological polar surface area (TPSA) is 90.9 Å². The second-order valence-corrected chi connectivity index (χ2v) is 9.46. The van der Waals surface area contributed by atoms with Crippen molar-refractivity contribution in [1.82, 2.24) is 15.5 Å². The molecular weight excluding hydrogens is 449 g/mol. The Labute approximate surface area is 205 Å². The minimum atomic E-state index is -0.718. The molecule has 35 heavy (non-hydrogen) atoms. The molecule has 7 nitrogen and oxygen atoms in total. The molecule has 3 amide bonds. The van der Waals surface area contributed by atoms with Crippen LogP contribution < -0.4 is 15.4 Å². The third kappa shape index (κ3) is 7.18. The lowest BCUT2D eigenvalue weighted by molar-refractivity contribution is 0.0808. The fraction of sp³-hybridized carbons (Fsp3) is 0.481. The smallest absolute Gasteiger partial charge is 0.317 e. The monoisotopic (exact) mass is 483 g/mol. The first-order valence-corrected chi connectivity index (χ1v) is 12.5. The molecule has 1 aliphatic carbocycles. The van der Waals surface area contributed by atoms with Crippen molar-refractivity contribution in [2.45, 2.75) is 69.7 Å². The van der Waals surface area contributed by atoms with Crippen molar-refractivity contribution >= 4 is 11.9 Å². The van der Waals surface area contributed by atoms with Gasteiger partial charge in [0.1, 0.15) is 18.2 Å². The number of nitrogens with one attached hydrogen (secondary N) is 2. The van der Waals surface area contributed by atoms with E-state index in [0.717, 1.165) is 31.2 Å². The lowest BCUT2D eigenvalue weighted by atomic mass is 9.96. The molecule has 2 aliphatic rings. The summed E-state index contributed by atoms with van der Waals surface area (Å²) in [6, 6.07) is 12.4. The molecule has 2 fully saturated rings. The Balaban J connectivity index is 1.31. The van der Waals surface area contributed by atoms with E-state index >= 15 is 0 Å². The number of halogens is 1. The van der Waals surface area contributed by atoms with E-state index in [1.165, 1.54) is 18.6 Å². The molecule has 8 heteroatoms. The zero-order chi connectivity index (χ0) is 24.6. The molecule has 1 aliphatic heterocycles. The van der Waals surface area contributed by atoms with Crippen LogP contribution in [-0.4, -0.2) is 53.2 Å². The normalized spacial score (nSPS) is 21.1.